The van der Waals surface area contributed by atoms with E-state index in [2.05, 4.69) is 21.2 Å². The average Bonchev–Trinajstić information content (AvgIpc) is 2.40. The Morgan fingerprint density at radius 2 is 2.00 bits per heavy atom. The van der Waals surface area contributed by atoms with Gasteiger partial charge in [0.1, 0.15) is 11.6 Å². The normalized spacial score (nSPS) is 10.3. The first kappa shape index (κ1) is 14.7. The second kappa shape index (κ2) is 6.61. The van der Waals surface area contributed by atoms with Crippen molar-refractivity contribution in [1.29, 1.82) is 0 Å². The molecule has 0 aliphatic heterocycles. The SMILES string of the molecule is CCCOc1cc(N)cc(Nc2ccc(Br)c(F)c2)c1. The van der Waals surface area contributed by atoms with Gasteiger partial charge in [-0.3, -0.25) is 0 Å². The van der Waals surface area contributed by atoms with Crippen LogP contribution in [-0.2, 0) is 0 Å². The smallest absolute Gasteiger partial charge is 0.139 e. The van der Waals surface area contributed by atoms with E-state index in [0.717, 1.165) is 12.1 Å². The van der Waals surface area contributed by atoms with Crippen LogP contribution < -0.4 is 15.8 Å². The zero-order valence-corrected chi connectivity index (χ0v) is 12.7. The summed E-state index contributed by atoms with van der Waals surface area (Å²) in [6.45, 7) is 2.67. The lowest BCUT2D eigenvalue weighted by Gasteiger charge is -2.11. The summed E-state index contributed by atoms with van der Waals surface area (Å²) in [6.07, 6.45) is 0.926. The third-order valence-electron chi connectivity index (χ3n) is 2.61. The predicted molar refractivity (Wildman–Crippen MR) is 84.0 cm³/mol. The second-order valence-corrected chi connectivity index (χ2v) is 5.25. The molecule has 0 saturated carbocycles. The Kier molecular flexibility index (Phi) is 4.84. The van der Waals surface area contributed by atoms with Gasteiger partial charge in [-0.2, -0.15) is 0 Å². The summed E-state index contributed by atoms with van der Waals surface area (Å²) in [7, 11) is 0. The summed E-state index contributed by atoms with van der Waals surface area (Å²) in [4.78, 5) is 0. The van der Waals surface area contributed by atoms with E-state index in [1.54, 1.807) is 24.3 Å². The van der Waals surface area contributed by atoms with Gasteiger partial charge in [0.15, 0.2) is 0 Å². The number of benzene rings is 2. The van der Waals surface area contributed by atoms with E-state index >= 15 is 0 Å². The molecule has 0 fully saturated rings. The molecule has 2 rings (SSSR count). The minimum Gasteiger partial charge on any atom is -0.493 e. The number of nitrogens with two attached hydrogens (primary N) is 1. The average molecular weight is 339 g/mol. The molecule has 0 amide bonds. The molecule has 2 aromatic rings. The number of nitrogen functional groups attached to an aromatic ring is 1. The first-order chi connectivity index (χ1) is 9.58. The molecule has 2 aromatic carbocycles. The molecule has 0 atom stereocenters. The number of hydrogen-bond acceptors (Lipinski definition) is 3. The zero-order valence-electron chi connectivity index (χ0n) is 11.1. The molecule has 20 heavy (non-hydrogen) atoms. The van der Waals surface area contributed by atoms with Crippen LogP contribution >= 0.6 is 15.9 Å². The zero-order chi connectivity index (χ0) is 14.5. The summed E-state index contributed by atoms with van der Waals surface area (Å²) < 4.78 is 19.5. The lowest BCUT2D eigenvalue weighted by atomic mass is 10.2. The molecule has 0 aliphatic rings. The summed E-state index contributed by atoms with van der Waals surface area (Å²) in [5.74, 6) is 0.383. The van der Waals surface area contributed by atoms with Crippen molar-refractivity contribution in [1.82, 2.24) is 0 Å². The molecular formula is C15H16BrFN2O. The first-order valence-electron chi connectivity index (χ1n) is 6.34. The van der Waals surface area contributed by atoms with Crippen molar-refractivity contribution in [2.24, 2.45) is 0 Å². The largest absolute Gasteiger partial charge is 0.493 e. The standard InChI is InChI=1S/C15H16BrFN2O/c1-2-5-20-13-7-10(18)6-12(8-13)19-11-3-4-14(16)15(17)9-11/h3-4,6-9,19H,2,5,18H2,1H3. The van der Waals surface area contributed by atoms with E-state index < -0.39 is 0 Å². The van der Waals surface area contributed by atoms with Gasteiger partial charge in [-0.1, -0.05) is 6.92 Å². The van der Waals surface area contributed by atoms with Gasteiger partial charge >= 0.3 is 0 Å². The van der Waals surface area contributed by atoms with E-state index in [0.29, 0.717) is 28.2 Å². The van der Waals surface area contributed by atoms with Crippen molar-refractivity contribution >= 4 is 33.0 Å². The fraction of sp³-hybridized carbons (Fsp3) is 0.200. The van der Waals surface area contributed by atoms with Gasteiger partial charge in [0.2, 0.25) is 0 Å². The van der Waals surface area contributed by atoms with Crippen LogP contribution in [0.25, 0.3) is 0 Å². The molecule has 3 N–H and O–H groups in total. The summed E-state index contributed by atoms with van der Waals surface area (Å²) in [5, 5.41) is 3.11. The molecule has 3 nitrogen and oxygen atoms in total. The van der Waals surface area contributed by atoms with Crippen LogP contribution in [0.3, 0.4) is 0 Å². The first-order valence-corrected chi connectivity index (χ1v) is 7.13. The Balaban J connectivity index is 2.19. The van der Waals surface area contributed by atoms with Crippen molar-refractivity contribution in [2.45, 2.75) is 13.3 Å². The number of anilines is 3. The van der Waals surface area contributed by atoms with E-state index in [-0.39, 0.29) is 5.82 Å². The van der Waals surface area contributed by atoms with E-state index in [1.807, 2.05) is 13.0 Å². The molecule has 0 radical (unpaired) electrons. The highest BCUT2D eigenvalue weighted by Gasteiger charge is 2.04. The van der Waals surface area contributed by atoms with Crippen LogP contribution in [0.1, 0.15) is 13.3 Å². The Morgan fingerprint density at radius 1 is 1.20 bits per heavy atom. The maximum absolute atomic E-state index is 13.5. The van der Waals surface area contributed by atoms with Crippen LogP contribution in [0, 0.1) is 5.82 Å². The lowest BCUT2D eigenvalue weighted by molar-refractivity contribution is 0.318. The number of halogens is 2. The maximum atomic E-state index is 13.5. The number of rotatable bonds is 5. The molecule has 0 spiro atoms. The molecular weight excluding hydrogens is 323 g/mol. The fourth-order valence-corrected chi connectivity index (χ4v) is 1.98. The van der Waals surface area contributed by atoms with Crippen molar-refractivity contribution in [3.63, 3.8) is 0 Å². The lowest BCUT2D eigenvalue weighted by Crippen LogP contribution is -1.98. The van der Waals surface area contributed by atoms with Gasteiger partial charge in [-0.05, 0) is 46.6 Å². The van der Waals surface area contributed by atoms with Crippen LogP contribution in [0.4, 0.5) is 21.5 Å². The van der Waals surface area contributed by atoms with Gasteiger partial charge in [0.05, 0.1) is 11.1 Å². The summed E-state index contributed by atoms with van der Waals surface area (Å²) in [5.41, 5.74) is 7.85. The van der Waals surface area contributed by atoms with Gasteiger partial charge in [0.25, 0.3) is 0 Å². The summed E-state index contributed by atoms with van der Waals surface area (Å²) >= 11 is 3.12. The Morgan fingerprint density at radius 3 is 2.70 bits per heavy atom. The van der Waals surface area contributed by atoms with Crippen molar-refractivity contribution < 1.29 is 9.13 Å². The summed E-state index contributed by atoms with van der Waals surface area (Å²) in [6, 6.07) is 10.2. The van der Waals surface area contributed by atoms with Crippen molar-refractivity contribution in [3.05, 3.63) is 46.7 Å². The highest BCUT2D eigenvalue weighted by atomic mass is 79.9. The maximum Gasteiger partial charge on any atom is 0.139 e. The predicted octanol–water partition coefficient (Wildman–Crippen LogP) is 4.70. The minimum atomic E-state index is -0.318. The molecule has 0 aromatic heterocycles. The Hall–Kier alpha value is -1.75. The topological polar surface area (TPSA) is 47.3 Å². The number of hydrogen-bond donors (Lipinski definition) is 2. The molecule has 0 unspecified atom stereocenters. The van der Waals surface area contributed by atoms with Crippen LogP contribution in [0.2, 0.25) is 0 Å². The van der Waals surface area contributed by atoms with E-state index in [1.165, 1.54) is 6.07 Å². The Bertz CT molecular complexity index is 604. The second-order valence-electron chi connectivity index (χ2n) is 4.39. The van der Waals surface area contributed by atoms with Gasteiger partial charge < -0.3 is 15.8 Å². The Labute approximate surface area is 126 Å². The monoisotopic (exact) mass is 338 g/mol. The van der Waals surface area contributed by atoms with E-state index in [9.17, 15) is 4.39 Å². The number of ether oxygens (including phenoxy) is 1. The van der Waals surface area contributed by atoms with Gasteiger partial charge in [-0.15, -0.1) is 0 Å². The van der Waals surface area contributed by atoms with Crippen LogP contribution in [0.15, 0.2) is 40.9 Å². The quantitative estimate of drug-likeness (QED) is 0.776. The van der Waals surface area contributed by atoms with Crippen LogP contribution in [-0.4, -0.2) is 6.61 Å². The number of nitrogens with one attached hydrogen (secondary N) is 1. The highest BCUT2D eigenvalue weighted by molar-refractivity contribution is 9.10. The molecule has 0 bridgehead atoms. The molecule has 0 heterocycles. The van der Waals surface area contributed by atoms with E-state index in [4.69, 9.17) is 10.5 Å². The molecule has 106 valence electrons. The molecule has 0 aliphatic carbocycles. The fourth-order valence-electron chi connectivity index (χ4n) is 1.74. The van der Waals surface area contributed by atoms with Crippen LogP contribution in [0.5, 0.6) is 5.75 Å². The van der Waals surface area contributed by atoms with Crippen molar-refractivity contribution in [3.8, 4) is 5.75 Å². The third kappa shape index (κ3) is 3.87. The minimum absolute atomic E-state index is 0.318. The highest BCUT2D eigenvalue weighted by Crippen LogP contribution is 2.27. The molecule has 5 heteroatoms. The van der Waals surface area contributed by atoms with Gasteiger partial charge in [0, 0.05) is 29.2 Å². The molecule has 0 saturated heterocycles. The van der Waals surface area contributed by atoms with Gasteiger partial charge in [-0.25, -0.2) is 4.39 Å². The third-order valence-corrected chi connectivity index (χ3v) is 3.25. The van der Waals surface area contributed by atoms with Crippen molar-refractivity contribution in [2.75, 3.05) is 17.7 Å².